The van der Waals surface area contributed by atoms with Crippen molar-refractivity contribution in [1.29, 1.82) is 0 Å². The summed E-state index contributed by atoms with van der Waals surface area (Å²) in [6, 6.07) is 11.3. The number of ether oxygens (including phenoxy) is 2. The van der Waals surface area contributed by atoms with Gasteiger partial charge in [0.25, 0.3) is 5.91 Å². The van der Waals surface area contributed by atoms with Crippen molar-refractivity contribution in [2.75, 3.05) is 26.8 Å². The molecule has 1 aliphatic rings. The van der Waals surface area contributed by atoms with Gasteiger partial charge in [-0.25, -0.2) is 0 Å². The molecule has 2 heterocycles. The van der Waals surface area contributed by atoms with Gasteiger partial charge < -0.3 is 19.4 Å². The number of aromatic nitrogens is 1. The lowest BCUT2D eigenvalue weighted by molar-refractivity contribution is -0.0229. The predicted molar refractivity (Wildman–Crippen MR) is 89.2 cm³/mol. The van der Waals surface area contributed by atoms with Crippen LogP contribution < -0.4 is 4.74 Å². The zero-order valence-corrected chi connectivity index (χ0v) is 13.6. The van der Waals surface area contributed by atoms with Gasteiger partial charge in [-0.05, 0) is 29.8 Å². The summed E-state index contributed by atoms with van der Waals surface area (Å²) in [6.45, 7) is 1.55. The number of pyridine rings is 1. The van der Waals surface area contributed by atoms with E-state index in [2.05, 4.69) is 4.98 Å². The molecule has 2 aromatic rings. The van der Waals surface area contributed by atoms with Gasteiger partial charge in [-0.2, -0.15) is 0 Å². The Labute approximate surface area is 139 Å². The first-order valence-corrected chi connectivity index (χ1v) is 7.82. The monoisotopic (exact) mass is 330 g/mol. The van der Waals surface area contributed by atoms with Gasteiger partial charge in [0, 0.05) is 12.7 Å². The van der Waals surface area contributed by atoms with Gasteiger partial charge in [0.1, 0.15) is 16.5 Å². The smallest absolute Gasteiger partial charge is 0.257 e. The molecule has 0 radical (unpaired) electrons. The number of nitrogens with zero attached hydrogens (tertiary/aromatic N) is 1. The summed E-state index contributed by atoms with van der Waals surface area (Å²) in [6.07, 6.45) is 1.56. The van der Waals surface area contributed by atoms with Crippen molar-refractivity contribution >= 4 is 18.1 Å². The second-order valence-electron chi connectivity index (χ2n) is 5.30. The number of H-pyrrole nitrogens is 1. The number of carbonyl (C=O) groups is 1. The Morgan fingerprint density at radius 2 is 2.26 bits per heavy atom. The minimum atomic E-state index is -0.163. The van der Waals surface area contributed by atoms with E-state index in [1.54, 1.807) is 30.3 Å². The van der Waals surface area contributed by atoms with E-state index in [1.807, 2.05) is 24.3 Å². The van der Waals surface area contributed by atoms with Gasteiger partial charge in [0.05, 0.1) is 25.8 Å². The van der Waals surface area contributed by atoms with Crippen LogP contribution in [-0.2, 0) is 4.74 Å². The van der Waals surface area contributed by atoms with E-state index in [0.29, 0.717) is 29.9 Å². The Bertz CT molecular complexity index is 759. The molecule has 5 nitrogen and oxygen atoms in total. The highest BCUT2D eigenvalue weighted by molar-refractivity contribution is 7.71. The molecule has 0 spiro atoms. The minimum Gasteiger partial charge on any atom is -0.497 e. The Hall–Kier alpha value is -2.18. The van der Waals surface area contributed by atoms with Crippen molar-refractivity contribution in [3.05, 3.63) is 58.4 Å². The highest BCUT2D eigenvalue weighted by atomic mass is 32.1. The molecule has 1 aliphatic heterocycles. The topological polar surface area (TPSA) is 54.6 Å². The molecule has 1 N–H and O–H groups in total. The maximum absolute atomic E-state index is 12.7. The van der Waals surface area contributed by atoms with Gasteiger partial charge in [0.15, 0.2) is 0 Å². The van der Waals surface area contributed by atoms with Crippen LogP contribution in [0.25, 0.3) is 0 Å². The Morgan fingerprint density at radius 1 is 1.39 bits per heavy atom. The first kappa shape index (κ1) is 15.7. The zero-order chi connectivity index (χ0) is 16.2. The number of rotatable bonds is 3. The second kappa shape index (κ2) is 6.93. The number of benzene rings is 1. The molecule has 6 heteroatoms. The summed E-state index contributed by atoms with van der Waals surface area (Å²) < 4.78 is 11.5. The maximum Gasteiger partial charge on any atom is 0.257 e. The van der Waals surface area contributed by atoms with Crippen molar-refractivity contribution < 1.29 is 14.3 Å². The fraction of sp³-hybridized carbons (Fsp3) is 0.294. The third-order valence-corrected chi connectivity index (χ3v) is 4.21. The highest BCUT2D eigenvalue weighted by Crippen LogP contribution is 2.26. The summed E-state index contributed by atoms with van der Waals surface area (Å²) >= 11 is 5.20. The molecule has 23 heavy (non-hydrogen) atoms. The maximum atomic E-state index is 12.7. The summed E-state index contributed by atoms with van der Waals surface area (Å²) in [5.74, 6) is 0.711. The molecule has 1 saturated heterocycles. The molecule has 3 rings (SSSR count). The second-order valence-corrected chi connectivity index (χ2v) is 5.71. The Balaban J connectivity index is 1.79. The van der Waals surface area contributed by atoms with Crippen LogP contribution >= 0.6 is 12.2 Å². The van der Waals surface area contributed by atoms with Crippen LogP contribution in [0.15, 0.2) is 42.6 Å². The van der Waals surface area contributed by atoms with Crippen molar-refractivity contribution in [3.8, 4) is 5.75 Å². The quantitative estimate of drug-likeness (QED) is 0.879. The average molecular weight is 330 g/mol. The fourth-order valence-electron chi connectivity index (χ4n) is 2.64. The lowest BCUT2D eigenvalue weighted by Crippen LogP contribution is -2.42. The largest absolute Gasteiger partial charge is 0.497 e. The van der Waals surface area contributed by atoms with E-state index in [9.17, 15) is 4.79 Å². The van der Waals surface area contributed by atoms with Crippen LogP contribution in [0.3, 0.4) is 0 Å². The Morgan fingerprint density at radius 3 is 3.04 bits per heavy atom. The van der Waals surface area contributed by atoms with Crippen LogP contribution in [0, 0.1) is 4.64 Å². The van der Waals surface area contributed by atoms with Crippen LogP contribution in [0.2, 0.25) is 0 Å². The van der Waals surface area contributed by atoms with E-state index in [1.165, 1.54) is 0 Å². The molecule has 1 fully saturated rings. The Kier molecular flexibility index (Phi) is 4.73. The van der Waals surface area contributed by atoms with E-state index < -0.39 is 0 Å². The van der Waals surface area contributed by atoms with Crippen LogP contribution in [-0.4, -0.2) is 42.6 Å². The molecule has 1 aromatic heterocycles. The average Bonchev–Trinajstić information content (AvgIpc) is 2.62. The molecule has 1 aromatic carbocycles. The van der Waals surface area contributed by atoms with E-state index in [-0.39, 0.29) is 12.0 Å². The summed E-state index contributed by atoms with van der Waals surface area (Å²) in [4.78, 5) is 17.4. The molecule has 0 bridgehead atoms. The summed E-state index contributed by atoms with van der Waals surface area (Å²) in [5, 5.41) is 0. The number of hydrogen-bond donors (Lipinski definition) is 1. The first-order valence-electron chi connectivity index (χ1n) is 7.41. The van der Waals surface area contributed by atoms with E-state index in [0.717, 1.165) is 11.3 Å². The minimum absolute atomic E-state index is 0.0666. The molecular weight excluding hydrogens is 312 g/mol. The van der Waals surface area contributed by atoms with Gasteiger partial charge in [-0.15, -0.1) is 0 Å². The van der Waals surface area contributed by atoms with Crippen LogP contribution in [0.1, 0.15) is 22.0 Å². The van der Waals surface area contributed by atoms with Crippen molar-refractivity contribution in [2.24, 2.45) is 0 Å². The van der Waals surface area contributed by atoms with Crippen LogP contribution in [0.5, 0.6) is 5.75 Å². The van der Waals surface area contributed by atoms with Gasteiger partial charge in [0.2, 0.25) is 0 Å². The van der Waals surface area contributed by atoms with Gasteiger partial charge in [-0.1, -0.05) is 24.4 Å². The van der Waals surface area contributed by atoms with Crippen molar-refractivity contribution in [3.63, 3.8) is 0 Å². The molecule has 1 amide bonds. The fourth-order valence-corrected chi connectivity index (χ4v) is 2.86. The third kappa shape index (κ3) is 3.43. The zero-order valence-electron chi connectivity index (χ0n) is 12.8. The number of methoxy groups -OCH3 is 1. The lowest BCUT2D eigenvalue weighted by Gasteiger charge is -2.33. The number of aromatic amines is 1. The van der Waals surface area contributed by atoms with E-state index >= 15 is 0 Å². The molecule has 0 saturated carbocycles. The number of nitrogens with one attached hydrogen (secondary N) is 1. The molecule has 120 valence electrons. The molecular formula is C17H18N2O3S. The number of hydrogen-bond acceptors (Lipinski definition) is 4. The van der Waals surface area contributed by atoms with Crippen LogP contribution in [0.4, 0.5) is 0 Å². The normalized spacial score (nSPS) is 17.8. The number of carbonyl (C=O) groups excluding carboxylic acids is 1. The summed E-state index contributed by atoms with van der Waals surface area (Å²) in [7, 11) is 1.63. The predicted octanol–water partition coefficient (Wildman–Crippen LogP) is 2.97. The molecule has 1 atom stereocenters. The lowest BCUT2D eigenvalue weighted by atomic mass is 10.1. The highest BCUT2D eigenvalue weighted by Gasteiger charge is 2.26. The summed E-state index contributed by atoms with van der Waals surface area (Å²) in [5.41, 5.74) is 1.52. The van der Waals surface area contributed by atoms with E-state index in [4.69, 9.17) is 21.7 Å². The SMILES string of the molecule is COc1cccc([C@@H]2CN(C(=O)c3ccc[nH]c3=S)CCO2)c1. The van der Waals surface area contributed by atoms with Gasteiger partial charge >= 0.3 is 0 Å². The third-order valence-electron chi connectivity index (χ3n) is 3.87. The molecule has 0 aliphatic carbocycles. The van der Waals surface area contributed by atoms with Gasteiger partial charge in [-0.3, -0.25) is 4.79 Å². The first-order chi connectivity index (χ1) is 11.2. The number of amides is 1. The van der Waals surface area contributed by atoms with Crippen molar-refractivity contribution in [1.82, 2.24) is 9.88 Å². The van der Waals surface area contributed by atoms with Crippen molar-refractivity contribution in [2.45, 2.75) is 6.10 Å². The molecule has 0 unspecified atom stereocenters. The number of morpholine rings is 1. The standard InChI is InChI=1S/C17H18N2O3S/c1-21-13-5-2-4-12(10-13)15-11-19(8-9-22-15)17(20)14-6-3-7-18-16(14)23/h2-7,10,15H,8-9,11H2,1H3,(H,18,23)/t15-/m0/s1.